The van der Waals surface area contributed by atoms with Crippen molar-refractivity contribution in [1.29, 1.82) is 0 Å². The molecule has 0 unspecified atom stereocenters. The zero-order valence-corrected chi connectivity index (χ0v) is 11.3. The van der Waals surface area contributed by atoms with Crippen molar-refractivity contribution in [2.45, 2.75) is 50.3 Å². The fourth-order valence-corrected chi connectivity index (χ4v) is 3.42. The predicted octanol–water partition coefficient (Wildman–Crippen LogP) is 1.86. The summed E-state index contributed by atoms with van der Waals surface area (Å²) >= 11 is 2.03. The molecule has 0 aliphatic heterocycles. The summed E-state index contributed by atoms with van der Waals surface area (Å²) in [5, 5.41) is 0.764. The Morgan fingerprint density at radius 3 is 2.88 bits per heavy atom. The summed E-state index contributed by atoms with van der Waals surface area (Å²) < 4.78 is 0. The summed E-state index contributed by atoms with van der Waals surface area (Å²) in [5.41, 5.74) is 5.42. The molecule has 94 valence electrons. The van der Waals surface area contributed by atoms with E-state index in [4.69, 9.17) is 5.73 Å². The van der Waals surface area contributed by atoms with Crippen molar-refractivity contribution < 1.29 is 4.79 Å². The second-order valence-electron chi connectivity index (χ2n) is 4.44. The highest BCUT2D eigenvalue weighted by Gasteiger charge is 2.29. The second-order valence-corrected chi connectivity index (χ2v) is 6.02. The fraction of sp³-hybridized carbons (Fsp3) is 0.917. The van der Waals surface area contributed by atoms with E-state index in [1.165, 1.54) is 25.0 Å². The lowest BCUT2D eigenvalue weighted by Gasteiger charge is -2.24. The molecule has 0 heterocycles. The molecule has 0 bridgehead atoms. The minimum Gasteiger partial charge on any atom is -0.343 e. The summed E-state index contributed by atoms with van der Waals surface area (Å²) in [4.78, 5) is 13.8. The first kappa shape index (κ1) is 13.8. The van der Waals surface area contributed by atoms with Gasteiger partial charge >= 0.3 is 0 Å². The van der Waals surface area contributed by atoms with Gasteiger partial charge in [0.25, 0.3) is 0 Å². The molecule has 2 N–H and O–H groups in total. The van der Waals surface area contributed by atoms with E-state index >= 15 is 0 Å². The van der Waals surface area contributed by atoms with Gasteiger partial charge in [-0.05, 0) is 38.0 Å². The van der Waals surface area contributed by atoms with E-state index in [1.807, 2.05) is 23.7 Å². The van der Waals surface area contributed by atoms with Crippen molar-refractivity contribution in [2.24, 2.45) is 5.73 Å². The number of carbonyl (C=O) groups excluding carboxylic acids is 1. The van der Waals surface area contributed by atoms with Gasteiger partial charge in [-0.15, -0.1) is 0 Å². The highest BCUT2D eigenvalue weighted by molar-refractivity contribution is 7.99. The lowest BCUT2D eigenvalue weighted by Crippen LogP contribution is -2.35. The molecule has 0 radical (unpaired) electrons. The van der Waals surface area contributed by atoms with E-state index < -0.39 is 0 Å². The van der Waals surface area contributed by atoms with Gasteiger partial charge in [-0.25, -0.2) is 0 Å². The van der Waals surface area contributed by atoms with E-state index in [1.54, 1.807) is 0 Å². The second kappa shape index (κ2) is 7.17. The average Bonchev–Trinajstić information content (AvgIpc) is 2.74. The Hall–Kier alpha value is -0.220. The molecule has 0 aromatic carbocycles. The van der Waals surface area contributed by atoms with Crippen LogP contribution in [0.5, 0.6) is 0 Å². The number of thioether (sulfide) groups is 1. The summed E-state index contributed by atoms with van der Waals surface area (Å²) in [7, 11) is 1.95. The first-order chi connectivity index (χ1) is 7.69. The van der Waals surface area contributed by atoms with Crippen molar-refractivity contribution >= 4 is 17.7 Å². The molecule has 1 amide bonds. The summed E-state index contributed by atoms with van der Waals surface area (Å²) in [6.45, 7) is 2.81. The Bertz CT molecular complexity index is 223. The van der Waals surface area contributed by atoms with Crippen LogP contribution in [0.25, 0.3) is 0 Å². The number of carbonyl (C=O) groups is 1. The predicted molar refractivity (Wildman–Crippen MR) is 70.6 cm³/mol. The maximum Gasteiger partial charge on any atom is 0.222 e. The third-order valence-corrected chi connectivity index (χ3v) is 4.53. The number of rotatable bonds is 6. The molecule has 4 heteroatoms. The lowest BCUT2D eigenvalue weighted by molar-refractivity contribution is -0.131. The normalized spacial score (nSPS) is 24.7. The number of nitrogens with two attached hydrogens (primary N) is 1. The molecular formula is C12H24N2OS. The van der Waals surface area contributed by atoms with Crippen molar-refractivity contribution in [3.8, 4) is 0 Å². The van der Waals surface area contributed by atoms with E-state index in [0.29, 0.717) is 19.0 Å². The smallest absolute Gasteiger partial charge is 0.222 e. The van der Waals surface area contributed by atoms with E-state index in [0.717, 1.165) is 11.7 Å². The van der Waals surface area contributed by atoms with Crippen LogP contribution in [-0.2, 0) is 4.79 Å². The molecule has 1 aliphatic carbocycles. The summed E-state index contributed by atoms with van der Waals surface area (Å²) in [5.74, 6) is 1.44. The first-order valence-electron chi connectivity index (χ1n) is 6.26. The minimum absolute atomic E-state index is 0.262. The molecule has 16 heavy (non-hydrogen) atoms. The van der Waals surface area contributed by atoms with Crippen molar-refractivity contribution in [3.05, 3.63) is 0 Å². The largest absolute Gasteiger partial charge is 0.343 e. The van der Waals surface area contributed by atoms with Gasteiger partial charge in [-0.1, -0.05) is 6.92 Å². The third-order valence-electron chi connectivity index (χ3n) is 3.30. The monoisotopic (exact) mass is 244 g/mol. The average molecular weight is 244 g/mol. The van der Waals surface area contributed by atoms with Gasteiger partial charge in [0.2, 0.25) is 5.91 Å². The number of nitrogens with zero attached hydrogens (tertiary/aromatic N) is 1. The lowest BCUT2D eigenvalue weighted by atomic mass is 10.2. The Kier molecular flexibility index (Phi) is 6.21. The molecule has 0 aromatic heterocycles. The molecule has 0 saturated heterocycles. The highest BCUT2D eigenvalue weighted by atomic mass is 32.2. The molecule has 1 aliphatic rings. The molecule has 0 aromatic rings. The van der Waals surface area contributed by atoms with Crippen LogP contribution in [0.3, 0.4) is 0 Å². The Morgan fingerprint density at radius 2 is 2.25 bits per heavy atom. The SMILES string of the molecule is CCS[C@@H]1CC[C@@H](N(C)C(=O)CCCN)C1. The summed E-state index contributed by atoms with van der Waals surface area (Å²) in [6.07, 6.45) is 5.02. The highest BCUT2D eigenvalue weighted by Crippen LogP contribution is 2.32. The van der Waals surface area contributed by atoms with Crippen LogP contribution in [0, 0.1) is 0 Å². The third kappa shape index (κ3) is 3.98. The zero-order valence-electron chi connectivity index (χ0n) is 10.4. The summed E-state index contributed by atoms with van der Waals surface area (Å²) in [6, 6.07) is 0.467. The van der Waals surface area contributed by atoms with E-state index in [-0.39, 0.29) is 5.91 Å². The van der Waals surface area contributed by atoms with Gasteiger partial charge < -0.3 is 10.6 Å². The Balaban J connectivity index is 2.32. The number of amides is 1. The Labute approximate surface area is 103 Å². The van der Waals surface area contributed by atoms with Gasteiger partial charge in [-0.2, -0.15) is 11.8 Å². The van der Waals surface area contributed by atoms with Crippen LogP contribution in [0.4, 0.5) is 0 Å². The molecular weight excluding hydrogens is 220 g/mol. The van der Waals surface area contributed by atoms with Gasteiger partial charge in [0.15, 0.2) is 0 Å². The van der Waals surface area contributed by atoms with Gasteiger partial charge in [0, 0.05) is 24.8 Å². The van der Waals surface area contributed by atoms with Crippen LogP contribution in [0.2, 0.25) is 0 Å². The molecule has 2 atom stereocenters. The van der Waals surface area contributed by atoms with Crippen molar-refractivity contribution in [2.75, 3.05) is 19.3 Å². The maximum atomic E-state index is 11.8. The Morgan fingerprint density at radius 1 is 1.50 bits per heavy atom. The first-order valence-corrected chi connectivity index (χ1v) is 7.31. The van der Waals surface area contributed by atoms with Crippen LogP contribution in [0.1, 0.15) is 39.0 Å². The standard InChI is InChI=1S/C12H24N2OS/c1-3-16-11-7-6-10(9-11)14(2)12(15)5-4-8-13/h10-11H,3-9,13H2,1-2H3/t10-,11-/m1/s1. The van der Waals surface area contributed by atoms with Crippen molar-refractivity contribution in [3.63, 3.8) is 0 Å². The molecule has 1 fully saturated rings. The molecule has 0 spiro atoms. The minimum atomic E-state index is 0.262. The maximum absolute atomic E-state index is 11.8. The van der Waals surface area contributed by atoms with Crippen LogP contribution < -0.4 is 5.73 Å². The number of hydrogen-bond donors (Lipinski definition) is 1. The fourth-order valence-electron chi connectivity index (χ4n) is 2.29. The van der Waals surface area contributed by atoms with Crippen LogP contribution >= 0.6 is 11.8 Å². The number of hydrogen-bond acceptors (Lipinski definition) is 3. The molecule has 1 rings (SSSR count). The quantitative estimate of drug-likeness (QED) is 0.776. The van der Waals surface area contributed by atoms with Gasteiger partial charge in [0.1, 0.15) is 0 Å². The van der Waals surface area contributed by atoms with Gasteiger partial charge in [-0.3, -0.25) is 4.79 Å². The zero-order chi connectivity index (χ0) is 12.0. The van der Waals surface area contributed by atoms with Crippen LogP contribution in [-0.4, -0.2) is 41.4 Å². The van der Waals surface area contributed by atoms with E-state index in [9.17, 15) is 4.79 Å². The van der Waals surface area contributed by atoms with Gasteiger partial charge in [0.05, 0.1) is 0 Å². The molecule has 3 nitrogen and oxygen atoms in total. The van der Waals surface area contributed by atoms with Crippen molar-refractivity contribution in [1.82, 2.24) is 4.90 Å². The van der Waals surface area contributed by atoms with Crippen LogP contribution in [0.15, 0.2) is 0 Å². The van der Waals surface area contributed by atoms with E-state index in [2.05, 4.69) is 6.92 Å². The molecule has 1 saturated carbocycles. The topological polar surface area (TPSA) is 46.3 Å².